The van der Waals surface area contributed by atoms with E-state index in [-0.39, 0.29) is 22.8 Å². The van der Waals surface area contributed by atoms with E-state index in [2.05, 4.69) is 0 Å². The number of pyridine rings is 1. The molecule has 0 saturated heterocycles. The molecule has 0 N–H and O–H groups in total. The summed E-state index contributed by atoms with van der Waals surface area (Å²) >= 11 is 0. The van der Waals surface area contributed by atoms with E-state index in [1.54, 1.807) is 0 Å². The van der Waals surface area contributed by atoms with Gasteiger partial charge in [0.1, 0.15) is 0 Å². The molecule has 0 aliphatic rings. The number of halogens is 1. The van der Waals surface area contributed by atoms with Gasteiger partial charge in [-0.2, -0.15) is 4.57 Å². The van der Waals surface area contributed by atoms with Crippen LogP contribution in [0.15, 0.2) is 54.9 Å². The quantitative estimate of drug-likeness (QED) is 0.529. The van der Waals surface area contributed by atoms with Crippen molar-refractivity contribution in [3.05, 3.63) is 60.4 Å². The smallest absolute Gasteiger partial charge is 0.227 e. The summed E-state index contributed by atoms with van der Waals surface area (Å²) in [6.07, 6.45) is 3.79. The highest BCUT2D eigenvalue weighted by atomic mass is 79.9. The van der Waals surface area contributed by atoms with Crippen molar-refractivity contribution in [2.45, 2.75) is 6.54 Å². The summed E-state index contributed by atoms with van der Waals surface area (Å²) in [5, 5.41) is 0. The second-order valence-electron chi connectivity index (χ2n) is 4.41. The number of nitrogens with zero attached hydrogens (tertiary/aromatic N) is 2. The normalized spacial score (nSPS) is 9.58. The molecule has 1 aromatic carbocycles. The fraction of sp³-hybridized carbons (Fsp3) is 0.200. The highest BCUT2D eigenvalue weighted by molar-refractivity contribution is 5.95. The average molecular weight is 321 g/mol. The molecule has 0 saturated carbocycles. The van der Waals surface area contributed by atoms with E-state index in [4.69, 9.17) is 0 Å². The van der Waals surface area contributed by atoms with Crippen molar-refractivity contribution < 1.29 is 26.3 Å². The minimum absolute atomic E-state index is 0. The van der Waals surface area contributed by atoms with E-state index < -0.39 is 0 Å². The zero-order valence-corrected chi connectivity index (χ0v) is 12.7. The molecule has 0 amide bonds. The molecular weight excluding hydrogens is 304 g/mol. The van der Waals surface area contributed by atoms with Crippen LogP contribution >= 0.6 is 0 Å². The molecule has 100 valence electrons. The molecule has 1 heterocycles. The number of carbonyl (C=O) groups is 1. The first-order valence-electron chi connectivity index (χ1n) is 5.91. The minimum Gasteiger partial charge on any atom is -1.00 e. The topological polar surface area (TPSA) is 24.2 Å². The zero-order chi connectivity index (χ0) is 13.0. The molecule has 0 unspecified atom stereocenters. The summed E-state index contributed by atoms with van der Waals surface area (Å²) in [6.45, 7) is 0.377. The first-order valence-corrected chi connectivity index (χ1v) is 5.91. The summed E-state index contributed by atoms with van der Waals surface area (Å²) in [6, 6.07) is 13.5. The monoisotopic (exact) mass is 320 g/mol. The van der Waals surface area contributed by atoms with E-state index in [0.717, 1.165) is 11.3 Å². The number of hydrogen-bond acceptors (Lipinski definition) is 2. The summed E-state index contributed by atoms with van der Waals surface area (Å²) in [5.74, 6) is 0.122. The molecule has 19 heavy (non-hydrogen) atoms. The minimum atomic E-state index is 0. The van der Waals surface area contributed by atoms with Crippen LogP contribution in [-0.4, -0.2) is 19.9 Å². The van der Waals surface area contributed by atoms with Crippen LogP contribution in [0.5, 0.6) is 0 Å². The highest BCUT2D eigenvalue weighted by Crippen LogP contribution is 2.12. The first-order chi connectivity index (χ1) is 8.66. The van der Waals surface area contributed by atoms with Gasteiger partial charge < -0.3 is 21.9 Å². The molecule has 0 fully saturated rings. The Morgan fingerprint density at radius 1 is 1.05 bits per heavy atom. The van der Waals surface area contributed by atoms with Crippen LogP contribution in [-0.2, 0) is 6.54 Å². The van der Waals surface area contributed by atoms with Gasteiger partial charge in [0.15, 0.2) is 12.4 Å². The van der Waals surface area contributed by atoms with Crippen molar-refractivity contribution in [2.75, 3.05) is 19.0 Å². The van der Waals surface area contributed by atoms with Gasteiger partial charge in [0.2, 0.25) is 12.3 Å². The Kier molecular flexibility index (Phi) is 5.70. The average Bonchev–Trinajstić information content (AvgIpc) is 2.40. The van der Waals surface area contributed by atoms with Crippen molar-refractivity contribution in [3.8, 4) is 0 Å². The lowest BCUT2D eigenvalue weighted by atomic mass is 10.1. The van der Waals surface area contributed by atoms with Crippen LogP contribution in [0.4, 0.5) is 5.69 Å². The Hall–Kier alpha value is -1.68. The van der Waals surface area contributed by atoms with Crippen LogP contribution in [0.2, 0.25) is 0 Å². The molecule has 0 spiro atoms. The molecule has 1 aromatic heterocycles. The maximum Gasteiger partial charge on any atom is 0.227 e. The van der Waals surface area contributed by atoms with Crippen LogP contribution in [0.25, 0.3) is 0 Å². The fourth-order valence-electron chi connectivity index (χ4n) is 1.74. The van der Waals surface area contributed by atoms with Gasteiger partial charge in [0.25, 0.3) is 0 Å². The van der Waals surface area contributed by atoms with E-state index in [9.17, 15) is 4.79 Å². The molecule has 0 atom stereocenters. The molecule has 2 aromatic rings. The number of rotatable bonds is 4. The maximum atomic E-state index is 12.1. The predicted octanol–water partition coefficient (Wildman–Crippen LogP) is -1.07. The van der Waals surface area contributed by atoms with Crippen LogP contribution in [0.3, 0.4) is 0 Å². The Balaban J connectivity index is 0.00000180. The third-order valence-electron chi connectivity index (χ3n) is 2.81. The lowest BCUT2D eigenvalue weighted by molar-refractivity contribution is -0.683. The van der Waals surface area contributed by atoms with Gasteiger partial charge >= 0.3 is 0 Å². The number of aromatic nitrogens is 1. The fourth-order valence-corrected chi connectivity index (χ4v) is 1.74. The van der Waals surface area contributed by atoms with Crippen LogP contribution in [0.1, 0.15) is 10.4 Å². The van der Waals surface area contributed by atoms with Gasteiger partial charge in [-0.25, -0.2) is 0 Å². The summed E-state index contributed by atoms with van der Waals surface area (Å²) in [7, 11) is 3.97. The van der Waals surface area contributed by atoms with Crippen LogP contribution in [0, 0.1) is 0 Å². The number of benzene rings is 1. The van der Waals surface area contributed by atoms with Crippen molar-refractivity contribution in [3.63, 3.8) is 0 Å². The van der Waals surface area contributed by atoms with Crippen molar-refractivity contribution in [1.29, 1.82) is 0 Å². The number of anilines is 1. The van der Waals surface area contributed by atoms with E-state index in [1.807, 2.05) is 78.4 Å². The van der Waals surface area contributed by atoms with Gasteiger partial charge in [-0.3, -0.25) is 4.79 Å². The van der Waals surface area contributed by atoms with Crippen molar-refractivity contribution >= 4 is 11.5 Å². The molecule has 3 nitrogen and oxygen atoms in total. The number of ketones is 1. The molecule has 0 aliphatic carbocycles. The summed E-state index contributed by atoms with van der Waals surface area (Å²) in [5.41, 5.74) is 1.84. The molecule has 0 aliphatic heterocycles. The maximum absolute atomic E-state index is 12.1. The summed E-state index contributed by atoms with van der Waals surface area (Å²) in [4.78, 5) is 14.1. The Morgan fingerprint density at radius 3 is 2.16 bits per heavy atom. The van der Waals surface area contributed by atoms with Gasteiger partial charge in [-0.1, -0.05) is 6.07 Å². The summed E-state index contributed by atoms with van der Waals surface area (Å²) < 4.78 is 1.88. The van der Waals surface area contributed by atoms with Gasteiger partial charge in [0, 0.05) is 37.5 Å². The molecule has 4 heteroatoms. The molecule has 0 radical (unpaired) electrons. The lowest BCUT2D eigenvalue weighted by Gasteiger charge is -2.11. The Morgan fingerprint density at radius 2 is 1.63 bits per heavy atom. The van der Waals surface area contributed by atoms with E-state index in [1.165, 1.54) is 0 Å². The second-order valence-corrected chi connectivity index (χ2v) is 4.41. The Bertz CT molecular complexity index is 524. The molecular formula is C15H17BrN2O. The highest BCUT2D eigenvalue weighted by Gasteiger charge is 2.11. The largest absolute Gasteiger partial charge is 1.00 e. The third kappa shape index (κ3) is 4.17. The zero-order valence-electron chi connectivity index (χ0n) is 11.1. The standard InChI is InChI=1S/C15H17N2O.BrH/c1-16(2)14-8-6-13(7-9-14)15(18)12-17-10-4-3-5-11-17;/h3-11H,12H2,1-2H3;1H/q+1;/p-1. The van der Waals surface area contributed by atoms with Crippen molar-refractivity contribution in [1.82, 2.24) is 0 Å². The number of carbonyl (C=O) groups excluding carboxylic acids is 1. The first kappa shape index (κ1) is 15.4. The van der Waals surface area contributed by atoms with Gasteiger partial charge in [-0.15, -0.1) is 0 Å². The molecule has 2 rings (SSSR count). The lowest BCUT2D eigenvalue weighted by Crippen LogP contribution is -3.00. The predicted molar refractivity (Wildman–Crippen MR) is 71.7 cm³/mol. The third-order valence-corrected chi connectivity index (χ3v) is 2.81. The second kappa shape index (κ2) is 7.04. The Labute approximate surface area is 124 Å². The van der Waals surface area contributed by atoms with Gasteiger partial charge in [-0.05, 0) is 24.3 Å². The molecule has 0 bridgehead atoms. The number of hydrogen-bond donors (Lipinski definition) is 0. The van der Waals surface area contributed by atoms with Crippen LogP contribution < -0.4 is 26.4 Å². The van der Waals surface area contributed by atoms with E-state index >= 15 is 0 Å². The van der Waals surface area contributed by atoms with Crippen molar-refractivity contribution in [2.24, 2.45) is 0 Å². The SMILES string of the molecule is CN(C)c1ccc(C(=O)C[n+]2ccccc2)cc1.[Br-]. The van der Waals surface area contributed by atoms with Gasteiger partial charge in [0.05, 0.1) is 0 Å². The number of Topliss-reactive ketones (excluding diaryl/α,β-unsaturated/α-hetero) is 1. The van der Waals surface area contributed by atoms with E-state index in [0.29, 0.717) is 6.54 Å².